The van der Waals surface area contributed by atoms with Gasteiger partial charge >= 0.3 is 11.9 Å². The number of carbonyl (C=O) groups excluding carboxylic acids is 1. The average Bonchev–Trinajstić information content (AvgIpc) is 3.08. The summed E-state index contributed by atoms with van der Waals surface area (Å²) in [6.45, 7) is 0.603. The van der Waals surface area contributed by atoms with E-state index in [4.69, 9.17) is 19.8 Å². The zero-order chi connectivity index (χ0) is 18.2. The van der Waals surface area contributed by atoms with E-state index in [0.717, 1.165) is 36.2 Å². The number of hydrogen-bond donors (Lipinski definition) is 4. The molecule has 136 valence electrons. The normalized spacial score (nSPS) is 15.3. The molecule has 3 rings (SSSR count). The molecule has 2 aromatic rings. The minimum Gasteiger partial charge on any atom is -0.473 e. The van der Waals surface area contributed by atoms with Gasteiger partial charge in [0.05, 0.1) is 12.0 Å². The van der Waals surface area contributed by atoms with Crippen molar-refractivity contribution in [2.24, 2.45) is 5.92 Å². The molecule has 1 aliphatic carbocycles. The fourth-order valence-electron chi connectivity index (χ4n) is 2.55. The second-order valence-electron chi connectivity index (χ2n) is 5.58. The molecule has 0 radical (unpaired) electrons. The maximum atomic E-state index is 12.2. The van der Waals surface area contributed by atoms with Crippen LogP contribution >= 0.6 is 0 Å². The molecule has 1 heterocycles. The minimum absolute atomic E-state index is 0. The van der Waals surface area contributed by atoms with E-state index in [0.29, 0.717) is 6.54 Å². The van der Waals surface area contributed by atoms with Gasteiger partial charge in [-0.1, -0.05) is 30.3 Å². The van der Waals surface area contributed by atoms with Crippen LogP contribution in [0.25, 0.3) is 0 Å². The number of H-pyrrole nitrogens is 1. The Balaban J connectivity index is 0.000000744. The molecule has 8 heteroatoms. The number of fused-ring (bicyclic) bond motifs is 1. The Morgan fingerprint density at radius 3 is 2.52 bits per heavy atom. The number of aryl methyl sites for hydroxylation is 1. The Labute approximate surface area is 146 Å². The highest BCUT2D eigenvalue weighted by molar-refractivity contribution is 6.27. The number of nitrogens with one attached hydrogen (secondary N) is 2. The van der Waals surface area contributed by atoms with Crippen LogP contribution in [0.5, 0.6) is 0 Å². The molecule has 8 nitrogen and oxygen atoms in total. The first-order valence-electron chi connectivity index (χ1n) is 7.76. The monoisotopic (exact) mass is 349 g/mol. The predicted molar refractivity (Wildman–Crippen MR) is 91.9 cm³/mol. The van der Waals surface area contributed by atoms with Crippen LogP contribution in [0.4, 0.5) is 0 Å². The number of carboxylic acid groups (broad SMARTS) is 2. The van der Waals surface area contributed by atoms with Gasteiger partial charge in [0, 0.05) is 27.4 Å². The van der Waals surface area contributed by atoms with Crippen LogP contribution in [0.1, 0.15) is 26.2 Å². The van der Waals surface area contributed by atoms with Crippen molar-refractivity contribution < 1.29 is 27.4 Å². The van der Waals surface area contributed by atoms with Crippen molar-refractivity contribution in [2.75, 3.05) is 0 Å². The summed E-state index contributed by atoms with van der Waals surface area (Å²) < 4.78 is 0. The van der Waals surface area contributed by atoms with Crippen LogP contribution in [0.15, 0.2) is 36.7 Å². The van der Waals surface area contributed by atoms with Gasteiger partial charge in [0.15, 0.2) is 0 Å². The lowest BCUT2D eigenvalue weighted by Gasteiger charge is -2.20. The van der Waals surface area contributed by atoms with Crippen LogP contribution in [0.3, 0.4) is 0 Å². The largest absolute Gasteiger partial charge is 0.473 e. The van der Waals surface area contributed by atoms with Crippen molar-refractivity contribution in [3.63, 3.8) is 0 Å². The Hall–Kier alpha value is -3.16. The van der Waals surface area contributed by atoms with Gasteiger partial charge < -0.3 is 20.5 Å². The van der Waals surface area contributed by atoms with E-state index in [1.807, 2.05) is 30.3 Å². The Kier molecular flexibility index (Phi) is 6.27. The molecule has 0 aliphatic heterocycles. The van der Waals surface area contributed by atoms with E-state index in [9.17, 15) is 4.79 Å². The van der Waals surface area contributed by atoms with Crippen LogP contribution in [0, 0.1) is 5.92 Å². The minimum atomic E-state index is -1.82. The fraction of sp³-hybridized carbons (Fsp3) is 0.294. The van der Waals surface area contributed by atoms with Gasteiger partial charge in [-0.25, -0.2) is 14.6 Å². The number of aromatic amines is 1. The van der Waals surface area contributed by atoms with Crippen LogP contribution < -0.4 is 5.32 Å². The summed E-state index contributed by atoms with van der Waals surface area (Å²) in [5.41, 5.74) is 3.37. The highest BCUT2D eigenvalue weighted by Crippen LogP contribution is 2.22. The molecule has 1 aromatic carbocycles. The van der Waals surface area contributed by atoms with Crippen LogP contribution in [-0.4, -0.2) is 38.0 Å². The van der Waals surface area contributed by atoms with Gasteiger partial charge in [0.25, 0.3) is 0 Å². The summed E-state index contributed by atoms with van der Waals surface area (Å²) in [5.74, 6) is -3.44. The maximum absolute atomic E-state index is 12.2. The van der Waals surface area contributed by atoms with Gasteiger partial charge in [-0.05, 0) is 18.4 Å². The molecule has 1 aliphatic rings. The molecule has 0 fully saturated rings. The van der Waals surface area contributed by atoms with Crippen molar-refractivity contribution in [3.05, 3.63) is 53.6 Å². The van der Waals surface area contributed by atoms with Gasteiger partial charge in [-0.3, -0.25) is 4.79 Å². The third-order valence-electron chi connectivity index (χ3n) is 3.85. The molecule has 1 aromatic heterocycles. The summed E-state index contributed by atoms with van der Waals surface area (Å²) in [6.07, 6.45) is 4.27. The van der Waals surface area contributed by atoms with E-state index in [1.165, 1.54) is 0 Å². The van der Waals surface area contributed by atoms with E-state index >= 15 is 0 Å². The number of rotatable bonds is 3. The second kappa shape index (κ2) is 8.62. The number of benzene rings is 1. The quantitative estimate of drug-likeness (QED) is 0.621. The molecule has 4 N–H and O–H groups in total. The molecular weight excluding hydrogens is 326 g/mol. The third-order valence-corrected chi connectivity index (χ3v) is 3.85. The molecule has 0 spiro atoms. The molecule has 25 heavy (non-hydrogen) atoms. The summed E-state index contributed by atoms with van der Waals surface area (Å²) in [6, 6.07) is 9.99. The van der Waals surface area contributed by atoms with Crippen molar-refractivity contribution in [2.45, 2.75) is 25.8 Å². The van der Waals surface area contributed by atoms with Gasteiger partial charge in [0.2, 0.25) is 5.91 Å². The van der Waals surface area contributed by atoms with Crippen LogP contribution in [0.2, 0.25) is 0 Å². The number of aliphatic carboxylic acids is 2. The maximum Gasteiger partial charge on any atom is 0.414 e. The van der Waals surface area contributed by atoms with E-state index in [2.05, 4.69) is 15.3 Å². The van der Waals surface area contributed by atoms with Gasteiger partial charge in [0.1, 0.15) is 0 Å². The summed E-state index contributed by atoms with van der Waals surface area (Å²) >= 11 is 0. The lowest BCUT2D eigenvalue weighted by Crippen LogP contribution is -2.33. The lowest BCUT2D eigenvalue weighted by molar-refractivity contribution is -0.159. The number of amides is 1. The summed E-state index contributed by atoms with van der Waals surface area (Å²) in [4.78, 5) is 37.7. The van der Waals surface area contributed by atoms with Gasteiger partial charge in [-0.2, -0.15) is 0 Å². The molecule has 0 saturated heterocycles. The fourth-order valence-corrected chi connectivity index (χ4v) is 2.55. The number of nitrogens with zero attached hydrogens (tertiary/aromatic N) is 1. The highest BCUT2D eigenvalue weighted by atomic mass is 16.4. The van der Waals surface area contributed by atoms with E-state index < -0.39 is 11.9 Å². The van der Waals surface area contributed by atoms with E-state index in [-0.39, 0.29) is 14.7 Å². The number of imidazole rings is 1. The Morgan fingerprint density at radius 2 is 1.88 bits per heavy atom. The predicted octanol–water partition coefficient (Wildman–Crippen LogP) is 1.48. The zero-order valence-corrected chi connectivity index (χ0v) is 13.4. The second-order valence-corrected chi connectivity index (χ2v) is 5.58. The van der Waals surface area contributed by atoms with Crippen molar-refractivity contribution in [1.82, 2.24) is 15.3 Å². The first-order valence-corrected chi connectivity index (χ1v) is 7.76. The van der Waals surface area contributed by atoms with Gasteiger partial charge in [-0.15, -0.1) is 0 Å². The summed E-state index contributed by atoms with van der Waals surface area (Å²) in [5, 5.41) is 17.8. The number of aromatic nitrogens is 2. The SMILES string of the molecule is O=C(NCc1ccccc1)C1CCc2nc[nH]c2C1.O=C(O)C(=O)O.[HH].[HH]. The molecule has 1 atom stereocenters. The molecular formula is C17H23N3O5. The van der Waals surface area contributed by atoms with Crippen LogP contribution in [-0.2, 0) is 33.8 Å². The Bertz CT molecular complexity index is 740. The van der Waals surface area contributed by atoms with Crippen molar-refractivity contribution in [3.8, 4) is 0 Å². The summed E-state index contributed by atoms with van der Waals surface area (Å²) in [7, 11) is 0. The first kappa shape index (κ1) is 18.2. The molecule has 1 amide bonds. The zero-order valence-electron chi connectivity index (χ0n) is 13.4. The average molecular weight is 349 g/mol. The highest BCUT2D eigenvalue weighted by Gasteiger charge is 2.25. The van der Waals surface area contributed by atoms with Crippen molar-refractivity contribution >= 4 is 17.8 Å². The number of carboxylic acids is 2. The van der Waals surface area contributed by atoms with Crippen molar-refractivity contribution in [1.29, 1.82) is 0 Å². The Morgan fingerprint density at radius 1 is 1.20 bits per heavy atom. The third kappa shape index (κ3) is 5.45. The van der Waals surface area contributed by atoms with E-state index in [1.54, 1.807) is 6.33 Å². The topological polar surface area (TPSA) is 132 Å². The smallest absolute Gasteiger partial charge is 0.414 e. The lowest BCUT2D eigenvalue weighted by atomic mass is 9.89. The molecule has 0 saturated carbocycles. The number of carbonyl (C=O) groups is 3. The molecule has 1 unspecified atom stereocenters. The first-order chi connectivity index (χ1) is 12.0. The molecule has 0 bridgehead atoms. The standard InChI is InChI=1S/C15H17N3O.C2H2O4.2H2/c19-15(16-9-11-4-2-1-3-5-11)12-6-7-13-14(8-12)18-10-17-13;3-1(4)2(5)6;;/h1-5,10,12H,6-9H2,(H,16,19)(H,17,18);(H,3,4)(H,5,6);2*1H. The number of hydrogen-bond acceptors (Lipinski definition) is 4.